The quantitative estimate of drug-likeness (QED) is 0.866. The molecule has 0 amide bonds. The Morgan fingerprint density at radius 1 is 1.33 bits per heavy atom. The molecule has 1 atom stereocenters. The van der Waals surface area contributed by atoms with Crippen molar-refractivity contribution in [2.75, 3.05) is 11.9 Å². The van der Waals surface area contributed by atoms with E-state index >= 15 is 0 Å². The molecular weight excluding hydrogens is 246 g/mol. The summed E-state index contributed by atoms with van der Waals surface area (Å²) in [4.78, 5) is 0. The van der Waals surface area contributed by atoms with Crippen molar-refractivity contribution in [3.8, 4) is 0 Å². The van der Waals surface area contributed by atoms with Crippen molar-refractivity contribution in [3.05, 3.63) is 29.3 Å². The van der Waals surface area contributed by atoms with E-state index in [-0.39, 0.29) is 12.6 Å². The van der Waals surface area contributed by atoms with Gasteiger partial charge in [-0.25, -0.2) is 0 Å². The van der Waals surface area contributed by atoms with Gasteiger partial charge in [0.1, 0.15) is 0 Å². The summed E-state index contributed by atoms with van der Waals surface area (Å²) in [6.07, 6.45) is 4.97. The lowest BCUT2D eigenvalue weighted by Crippen LogP contribution is -2.34. The first-order valence-electron chi connectivity index (χ1n) is 6.82. The van der Waals surface area contributed by atoms with Crippen LogP contribution in [0.2, 0.25) is 5.02 Å². The molecule has 1 aliphatic rings. The lowest BCUT2D eigenvalue weighted by Gasteiger charge is -2.32. The zero-order valence-electron chi connectivity index (χ0n) is 10.9. The zero-order valence-corrected chi connectivity index (χ0v) is 11.7. The molecule has 0 spiro atoms. The Morgan fingerprint density at radius 2 is 2.06 bits per heavy atom. The number of aliphatic hydroxyl groups excluding tert-OH is 1. The number of halogens is 1. The summed E-state index contributed by atoms with van der Waals surface area (Å²) in [7, 11) is 0. The highest BCUT2D eigenvalue weighted by Gasteiger charge is 2.25. The van der Waals surface area contributed by atoms with Crippen molar-refractivity contribution in [2.24, 2.45) is 11.8 Å². The molecule has 18 heavy (non-hydrogen) atoms. The van der Waals surface area contributed by atoms with E-state index in [1.165, 1.54) is 25.7 Å². The Labute approximate surface area is 114 Å². The van der Waals surface area contributed by atoms with Gasteiger partial charge in [-0.3, -0.25) is 0 Å². The molecule has 1 aromatic carbocycles. The third kappa shape index (κ3) is 3.63. The van der Waals surface area contributed by atoms with Crippen LogP contribution in [-0.2, 0) is 0 Å². The van der Waals surface area contributed by atoms with Crippen LogP contribution in [0.4, 0.5) is 5.69 Å². The lowest BCUT2D eigenvalue weighted by molar-refractivity contribution is 0.193. The van der Waals surface area contributed by atoms with Crippen molar-refractivity contribution in [1.82, 2.24) is 0 Å². The molecule has 0 bridgehead atoms. The first kappa shape index (κ1) is 13.7. The topological polar surface area (TPSA) is 32.3 Å². The molecule has 1 unspecified atom stereocenters. The normalized spacial score (nSPS) is 25.7. The largest absolute Gasteiger partial charge is 0.394 e. The van der Waals surface area contributed by atoms with Gasteiger partial charge in [0.25, 0.3) is 0 Å². The van der Waals surface area contributed by atoms with Gasteiger partial charge >= 0.3 is 0 Å². The van der Waals surface area contributed by atoms with Crippen LogP contribution in [0.15, 0.2) is 24.3 Å². The van der Waals surface area contributed by atoms with Gasteiger partial charge in [0.2, 0.25) is 0 Å². The summed E-state index contributed by atoms with van der Waals surface area (Å²) in [5, 5.41) is 13.7. The van der Waals surface area contributed by atoms with E-state index in [0.717, 1.165) is 16.6 Å². The van der Waals surface area contributed by atoms with Gasteiger partial charge in [-0.2, -0.15) is 0 Å². The van der Waals surface area contributed by atoms with E-state index in [4.69, 9.17) is 11.6 Å². The number of nitrogens with one attached hydrogen (secondary N) is 1. The predicted octanol–water partition coefficient (Wildman–Crippen LogP) is 3.94. The van der Waals surface area contributed by atoms with Crippen molar-refractivity contribution in [1.29, 1.82) is 0 Å². The number of aliphatic hydroxyl groups is 1. The van der Waals surface area contributed by atoms with Crippen LogP contribution >= 0.6 is 11.6 Å². The summed E-state index contributed by atoms with van der Waals surface area (Å²) in [6, 6.07) is 7.86. The minimum Gasteiger partial charge on any atom is -0.394 e. The van der Waals surface area contributed by atoms with E-state index in [0.29, 0.717) is 5.92 Å². The molecule has 1 fully saturated rings. The van der Waals surface area contributed by atoms with Crippen molar-refractivity contribution >= 4 is 17.3 Å². The van der Waals surface area contributed by atoms with Gasteiger partial charge in [-0.05, 0) is 42.9 Å². The van der Waals surface area contributed by atoms with Crippen LogP contribution in [0.5, 0.6) is 0 Å². The van der Waals surface area contributed by atoms with Gasteiger partial charge in [-0.1, -0.05) is 37.4 Å². The Bertz CT molecular complexity index is 375. The first-order valence-corrected chi connectivity index (χ1v) is 7.20. The fourth-order valence-electron chi connectivity index (χ4n) is 2.79. The van der Waals surface area contributed by atoms with E-state index < -0.39 is 0 Å². The molecule has 0 aliphatic heterocycles. The summed E-state index contributed by atoms with van der Waals surface area (Å²) in [5.41, 5.74) is 1.00. The van der Waals surface area contributed by atoms with Gasteiger partial charge in [0.05, 0.1) is 12.6 Å². The van der Waals surface area contributed by atoms with Crippen LogP contribution in [0.25, 0.3) is 0 Å². The summed E-state index contributed by atoms with van der Waals surface area (Å²) in [6.45, 7) is 2.50. The summed E-state index contributed by atoms with van der Waals surface area (Å²) >= 11 is 5.97. The highest BCUT2D eigenvalue weighted by atomic mass is 35.5. The van der Waals surface area contributed by atoms with Crippen LogP contribution in [0, 0.1) is 11.8 Å². The molecule has 1 saturated carbocycles. The molecule has 3 heteroatoms. The summed E-state index contributed by atoms with van der Waals surface area (Å²) < 4.78 is 0. The van der Waals surface area contributed by atoms with Crippen molar-refractivity contribution in [3.63, 3.8) is 0 Å². The highest BCUT2D eigenvalue weighted by molar-refractivity contribution is 6.30. The molecule has 1 aromatic rings. The maximum Gasteiger partial charge on any atom is 0.0635 e. The number of rotatable bonds is 4. The molecule has 0 heterocycles. The second kappa shape index (κ2) is 6.44. The van der Waals surface area contributed by atoms with E-state index in [1.807, 2.05) is 24.3 Å². The minimum atomic E-state index is 0.149. The average Bonchev–Trinajstić information content (AvgIpc) is 2.37. The van der Waals surface area contributed by atoms with Gasteiger partial charge < -0.3 is 10.4 Å². The third-order valence-corrected chi connectivity index (χ3v) is 4.24. The first-order chi connectivity index (χ1) is 8.69. The van der Waals surface area contributed by atoms with E-state index in [2.05, 4.69) is 12.2 Å². The zero-order chi connectivity index (χ0) is 13.0. The predicted molar refractivity (Wildman–Crippen MR) is 77.1 cm³/mol. The Hall–Kier alpha value is -0.730. The maximum absolute atomic E-state index is 9.58. The fourth-order valence-corrected chi connectivity index (χ4v) is 2.98. The van der Waals surface area contributed by atoms with E-state index in [9.17, 15) is 5.11 Å². The molecule has 2 nitrogen and oxygen atoms in total. The Morgan fingerprint density at radius 3 is 2.67 bits per heavy atom. The monoisotopic (exact) mass is 267 g/mol. The minimum absolute atomic E-state index is 0.149. The fraction of sp³-hybridized carbons (Fsp3) is 0.600. The standard InChI is InChI=1S/C15H22ClNO/c1-11-5-7-12(8-6-11)15(10-18)17-14-4-2-3-13(16)9-14/h2-4,9,11-12,15,17-18H,5-8,10H2,1H3. The van der Waals surface area contributed by atoms with Crippen molar-refractivity contribution in [2.45, 2.75) is 38.6 Å². The van der Waals surface area contributed by atoms with Crippen LogP contribution in [-0.4, -0.2) is 17.8 Å². The van der Waals surface area contributed by atoms with Crippen LogP contribution in [0.1, 0.15) is 32.6 Å². The van der Waals surface area contributed by atoms with Gasteiger partial charge in [-0.15, -0.1) is 0 Å². The number of hydrogen-bond acceptors (Lipinski definition) is 2. The second-order valence-corrected chi connectivity index (χ2v) is 5.90. The maximum atomic E-state index is 9.58. The van der Waals surface area contributed by atoms with Gasteiger partial charge in [0.15, 0.2) is 0 Å². The molecule has 2 rings (SSSR count). The molecular formula is C15H22ClNO. The number of benzene rings is 1. The number of hydrogen-bond donors (Lipinski definition) is 2. The molecule has 100 valence electrons. The van der Waals surface area contributed by atoms with Crippen LogP contribution < -0.4 is 5.32 Å². The number of anilines is 1. The lowest BCUT2D eigenvalue weighted by atomic mass is 9.79. The molecule has 1 aliphatic carbocycles. The van der Waals surface area contributed by atoms with Crippen molar-refractivity contribution < 1.29 is 5.11 Å². The average molecular weight is 268 g/mol. The smallest absolute Gasteiger partial charge is 0.0635 e. The van der Waals surface area contributed by atoms with Crippen LogP contribution in [0.3, 0.4) is 0 Å². The summed E-state index contributed by atoms with van der Waals surface area (Å²) in [5.74, 6) is 1.41. The second-order valence-electron chi connectivity index (χ2n) is 5.46. The van der Waals surface area contributed by atoms with Gasteiger partial charge in [0, 0.05) is 10.7 Å². The highest BCUT2D eigenvalue weighted by Crippen LogP contribution is 2.31. The SMILES string of the molecule is CC1CCC(C(CO)Nc2cccc(Cl)c2)CC1. The molecule has 2 N–H and O–H groups in total. The van der Waals surface area contributed by atoms with E-state index in [1.54, 1.807) is 0 Å². The third-order valence-electron chi connectivity index (χ3n) is 4.00. The Kier molecular flexibility index (Phi) is 4.90. The Balaban J connectivity index is 1.96. The molecule has 0 aromatic heterocycles. The molecule has 0 radical (unpaired) electrons. The molecule has 0 saturated heterocycles.